The molecule has 1 saturated carbocycles. The molecule has 16 heavy (non-hydrogen) atoms. The largest absolute Gasteiger partial charge is 0.398 e. The van der Waals surface area contributed by atoms with Gasteiger partial charge < -0.3 is 16.2 Å². The van der Waals surface area contributed by atoms with Crippen LogP contribution in [-0.2, 0) is 6.54 Å². The van der Waals surface area contributed by atoms with E-state index in [2.05, 4.69) is 5.32 Å². The number of aliphatic hydroxyl groups is 1. The highest BCUT2D eigenvalue weighted by Gasteiger charge is 2.18. The Morgan fingerprint density at radius 1 is 1.38 bits per heavy atom. The van der Waals surface area contributed by atoms with Gasteiger partial charge in [-0.2, -0.15) is 0 Å². The molecule has 0 aromatic carbocycles. The van der Waals surface area contributed by atoms with Crippen molar-refractivity contribution in [2.24, 2.45) is 5.92 Å². The number of anilines is 1. The first-order valence-electron chi connectivity index (χ1n) is 5.96. The fraction of sp³-hybridized carbons (Fsp3) is 0.667. The SMILES string of the molecule is Nc1ccsc1CNCC1CCC(O)CC1. The monoisotopic (exact) mass is 240 g/mol. The fourth-order valence-corrected chi connectivity index (χ4v) is 3.00. The quantitative estimate of drug-likeness (QED) is 0.754. The zero-order chi connectivity index (χ0) is 11.4. The second kappa shape index (κ2) is 5.66. The summed E-state index contributed by atoms with van der Waals surface area (Å²) in [4.78, 5) is 1.23. The van der Waals surface area contributed by atoms with Gasteiger partial charge in [-0.25, -0.2) is 0 Å². The van der Waals surface area contributed by atoms with E-state index < -0.39 is 0 Å². The summed E-state index contributed by atoms with van der Waals surface area (Å²) in [6, 6.07) is 1.96. The van der Waals surface area contributed by atoms with Crippen molar-refractivity contribution in [2.75, 3.05) is 12.3 Å². The van der Waals surface area contributed by atoms with E-state index in [9.17, 15) is 5.11 Å². The van der Waals surface area contributed by atoms with Crippen LogP contribution in [0, 0.1) is 5.92 Å². The van der Waals surface area contributed by atoms with Crippen molar-refractivity contribution in [3.63, 3.8) is 0 Å². The molecule has 90 valence electrons. The smallest absolute Gasteiger partial charge is 0.0540 e. The van der Waals surface area contributed by atoms with Crippen molar-refractivity contribution in [1.82, 2.24) is 5.32 Å². The molecule has 1 fully saturated rings. The third-order valence-electron chi connectivity index (χ3n) is 3.31. The molecule has 4 heteroatoms. The van der Waals surface area contributed by atoms with E-state index in [-0.39, 0.29) is 6.10 Å². The lowest BCUT2D eigenvalue weighted by atomic mass is 9.87. The van der Waals surface area contributed by atoms with Crippen molar-refractivity contribution in [1.29, 1.82) is 0 Å². The molecular formula is C12H20N2OS. The first-order valence-corrected chi connectivity index (χ1v) is 6.84. The first-order chi connectivity index (χ1) is 7.75. The predicted molar refractivity (Wildman–Crippen MR) is 68.4 cm³/mol. The molecular weight excluding hydrogens is 220 g/mol. The zero-order valence-electron chi connectivity index (χ0n) is 9.48. The molecule has 0 aliphatic heterocycles. The molecule has 0 saturated heterocycles. The molecule has 1 heterocycles. The number of nitrogens with one attached hydrogen (secondary N) is 1. The molecule has 2 rings (SSSR count). The molecule has 0 radical (unpaired) electrons. The van der Waals surface area contributed by atoms with Gasteiger partial charge >= 0.3 is 0 Å². The van der Waals surface area contributed by atoms with Gasteiger partial charge in [0.25, 0.3) is 0 Å². The third kappa shape index (κ3) is 3.20. The Bertz CT molecular complexity index is 319. The Labute approximate surface area is 101 Å². The van der Waals surface area contributed by atoms with Crippen LogP contribution in [0.2, 0.25) is 0 Å². The molecule has 1 aliphatic carbocycles. The predicted octanol–water partition coefficient (Wildman–Crippen LogP) is 1.97. The topological polar surface area (TPSA) is 58.3 Å². The molecule has 0 bridgehead atoms. The van der Waals surface area contributed by atoms with Crippen LogP contribution in [0.5, 0.6) is 0 Å². The number of hydrogen-bond donors (Lipinski definition) is 3. The van der Waals surface area contributed by atoms with E-state index in [1.165, 1.54) is 4.88 Å². The number of aliphatic hydroxyl groups excluding tert-OH is 1. The van der Waals surface area contributed by atoms with Crippen molar-refractivity contribution in [3.8, 4) is 0 Å². The van der Waals surface area contributed by atoms with Gasteiger partial charge in [0.2, 0.25) is 0 Å². The highest BCUT2D eigenvalue weighted by atomic mass is 32.1. The molecule has 0 spiro atoms. The third-order valence-corrected chi connectivity index (χ3v) is 4.25. The van der Waals surface area contributed by atoms with Gasteiger partial charge in [0.05, 0.1) is 6.10 Å². The first kappa shape index (κ1) is 11.9. The van der Waals surface area contributed by atoms with Gasteiger partial charge in [0.15, 0.2) is 0 Å². The van der Waals surface area contributed by atoms with Crippen molar-refractivity contribution >= 4 is 17.0 Å². The zero-order valence-corrected chi connectivity index (χ0v) is 10.3. The summed E-state index contributed by atoms with van der Waals surface area (Å²) in [6.45, 7) is 1.92. The summed E-state index contributed by atoms with van der Waals surface area (Å²) in [6.07, 6.45) is 4.17. The molecule has 1 aliphatic rings. The Morgan fingerprint density at radius 2 is 2.12 bits per heavy atom. The summed E-state index contributed by atoms with van der Waals surface area (Å²) in [5, 5.41) is 14.9. The Kier molecular flexibility index (Phi) is 4.21. The number of nitrogen functional groups attached to an aromatic ring is 1. The summed E-state index contributed by atoms with van der Waals surface area (Å²) in [5.41, 5.74) is 6.71. The average molecular weight is 240 g/mol. The average Bonchev–Trinajstić information content (AvgIpc) is 2.68. The standard InChI is InChI=1S/C12H20N2OS/c13-11-5-6-16-12(11)8-14-7-9-1-3-10(15)4-2-9/h5-6,9-10,14-15H,1-4,7-8,13H2. The Hall–Kier alpha value is -0.580. The van der Waals surface area contributed by atoms with Gasteiger partial charge in [-0.1, -0.05) is 0 Å². The van der Waals surface area contributed by atoms with Crippen LogP contribution in [0.4, 0.5) is 5.69 Å². The molecule has 0 atom stereocenters. The molecule has 3 nitrogen and oxygen atoms in total. The van der Waals surface area contributed by atoms with Crippen LogP contribution in [-0.4, -0.2) is 17.8 Å². The minimum atomic E-state index is -0.0517. The summed E-state index contributed by atoms with van der Waals surface area (Å²) in [5.74, 6) is 0.726. The van der Waals surface area contributed by atoms with Crippen molar-refractivity contribution < 1.29 is 5.11 Å². The number of thiophene rings is 1. The molecule has 1 aromatic rings. The van der Waals surface area contributed by atoms with E-state index in [0.717, 1.165) is 50.4 Å². The highest BCUT2D eigenvalue weighted by molar-refractivity contribution is 7.10. The lowest BCUT2D eigenvalue weighted by Crippen LogP contribution is -2.27. The number of nitrogens with two attached hydrogens (primary N) is 1. The van der Waals surface area contributed by atoms with Crippen LogP contribution < -0.4 is 11.1 Å². The van der Waals surface area contributed by atoms with Gasteiger partial charge in [-0.3, -0.25) is 0 Å². The number of hydrogen-bond acceptors (Lipinski definition) is 4. The summed E-state index contributed by atoms with van der Waals surface area (Å²) in [7, 11) is 0. The molecule has 4 N–H and O–H groups in total. The molecule has 0 unspecified atom stereocenters. The minimum Gasteiger partial charge on any atom is -0.398 e. The van der Waals surface area contributed by atoms with E-state index in [1.807, 2.05) is 11.4 Å². The van der Waals surface area contributed by atoms with Gasteiger partial charge in [0, 0.05) is 17.1 Å². The normalized spacial score (nSPS) is 25.8. The second-order valence-electron chi connectivity index (χ2n) is 4.60. The van der Waals surface area contributed by atoms with Crippen LogP contribution >= 0.6 is 11.3 Å². The minimum absolute atomic E-state index is 0.0517. The lowest BCUT2D eigenvalue weighted by Gasteiger charge is -2.25. The number of rotatable bonds is 4. The Morgan fingerprint density at radius 3 is 2.75 bits per heavy atom. The maximum Gasteiger partial charge on any atom is 0.0540 e. The molecule has 0 amide bonds. The van der Waals surface area contributed by atoms with Gasteiger partial charge in [-0.05, 0) is 49.6 Å². The van der Waals surface area contributed by atoms with E-state index in [4.69, 9.17) is 5.73 Å². The highest BCUT2D eigenvalue weighted by Crippen LogP contribution is 2.24. The van der Waals surface area contributed by atoms with Crippen molar-refractivity contribution in [3.05, 3.63) is 16.3 Å². The summed E-state index contributed by atoms with van der Waals surface area (Å²) < 4.78 is 0. The van der Waals surface area contributed by atoms with Crippen LogP contribution in [0.25, 0.3) is 0 Å². The van der Waals surface area contributed by atoms with Crippen LogP contribution in [0.15, 0.2) is 11.4 Å². The van der Waals surface area contributed by atoms with Gasteiger partial charge in [-0.15, -0.1) is 11.3 Å². The fourth-order valence-electron chi connectivity index (χ4n) is 2.23. The molecule has 1 aromatic heterocycles. The van der Waals surface area contributed by atoms with Crippen LogP contribution in [0.3, 0.4) is 0 Å². The van der Waals surface area contributed by atoms with E-state index >= 15 is 0 Å². The van der Waals surface area contributed by atoms with Crippen LogP contribution in [0.1, 0.15) is 30.6 Å². The Balaban J connectivity index is 1.67. The van der Waals surface area contributed by atoms with E-state index in [0.29, 0.717) is 0 Å². The maximum absolute atomic E-state index is 9.40. The maximum atomic E-state index is 9.40. The van der Waals surface area contributed by atoms with Crippen molar-refractivity contribution in [2.45, 2.75) is 38.3 Å². The second-order valence-corrected chi connectivity index (χ2v) is 5.61. The van der Waals surface area contributed by atoms with E-state index in [1.54, 1.807) is 11.3 Å². The van der Waals surface area contributed by atoms with Gasteiger partial charge in [0.1, 0.15) is 0 Å². The lowest BCUT2D eigenvalue weighted by molar-refractivity contribution is 0.108. The summed E-state index contributed by atoms with van der Waals surface area (Å²) >= 11 is 1.71.